The van der Waals surface area contributed by atoms with E-state index < -0.39 is 28.5 Å². The van der Waals surface area contributed by atoms with E-state index in [2.05, 4.69) is 0 Å². The first-order valence-electron chi connectivity index (χ1n) is 6.66. The second kappa shape index (κ2) is 6.74. The molecule has 1 saturated heterocycles. The fraction of sp³-hybridized carbons (Fsp3) is 0.571. The zero-order chi connectivity index (χ0) is 14.7. The average Bonchev–Trinajstić information content (AvgIpc) is 2.39. The van der Waals surface area contributed by atoms with Crippen molar-refractivity contribution >= 4 is 10.8 Å². The third-order valence-corrected chi connectivity index (χ3v) is 5.16. The molecule has 0 amide bonds. The Hall–Kier alpha value is -0.850. The molecule has 1 aliphatic heterocycles. The molecule has 0 aliphatic carbocycles. The summed E-state index contributed by atoms with van der Waals surface area (Å²) in [6, 6.07) is 3.77. The second-order valence-electron chi connectivity index (χ2n) is 5.17. The first-order chi connectivity index (χ1) is 9.49. The van der Waals surface area contributed by atoms with E-state index in [-0.39, 0.29) is 18.2 Å². The van der Waals surface area contributed by atoms with Gasteiger partial charge in [0.15, 0.2) is 0 Å². The van der Waals surface area contributed by atoms with E-state index in [1.165, 1.54) is 6.07 Å². The molecule has 2 rings (SSSR count). The van der Waals surface area contributed by atoms with Crippen molar-refractivity contribution in [3.8, 4) is 0 Å². The third kappa shape index (κ3) is 3.62. The number of hydrogen-bond donors (Lipinski definition) is 1. The summed E-state index contributed by atoms with van der Waals surface area (Å²) in [7, 11) is 1.08. The van der Waals surface area contributed by atoms with Gasteiger partial charge in [-0.15, -0.1) is 0 Å². The summed E-state index contributed by atoms with van der Waals surface area (Å²) in [5.41, 5.74) is -0.279. The number of hydrogen-bond acceptors (Lipinski definition) is 3. The van der Waals surface area contributed by atoms with Gasteiger partial charge in [-0.05, 0) is 32.0 Å². The molecule has 20 heavy (non-hydrogen) atoms. The van der Waals surface area contributed by atoms with Crippen LogP contribution in [-0.2, 0) is 10.8 Å². The van der Waals surface area contributed by atoms with E-state index in [1.54, 1.807) is 0 Å². The standard InChI is InChI=1S/C14H19F2NO2S/c1-17(10-5-7-20(19)8-6-10)9-13(18)14-11(15)3-2-4-12(14)16/h2-4,10,13,18H,5-9H2,1H3. The van der Waals surface area contributed by atoms with Gasteiger partial charge in [0, 0.05) is 34.9 Å². The summed E-state index contributed by atoms with van der Waals surface area (Å²) in [6.45, 7) is 0.162. The Morgan fingerprint density at radius 3 is 2.45 bits per heavy atom. The molecule has 0 aromatic heterocycles. The molecule has 1 unspecified atom stereocenters. The molecule has 0 bridgehead atoms. The zero-order valence-corrected chi connectivity index (χ0v) is 12.2. The van der Waals surface area contributed by atoms with Gasteiger partial charge in [-0.25, -0.2) is 8.78 Å². The predicted molar refractivity (Wildman–Crippen MR) is 74.8 cm³/mol. The van der Waals surface area contributed by atoms with Crippen molar-refractivity contribution in [1.29, 1.82) is 0 Å². The van der Waals surface area contributed by atoms with E-state index in [1.807, 2.05) is 11.9 Å². The number of aliphatic hydroxyl groups excluding tert-OH is 1. The normalized spacial score (nSPS) is 24.9. The highest BCUT2D eigenvalue weighted by molar-refractivity contribution is 7.85. The van der Waals surface area contributed by atoms with Crippen molar-refractivity contribution in [2.24, 2.45) is 0 Å². The Bertz CT molecular complexity index is 468. The molecule has 1 N–H and O–H groups in total. The average molecular weight is 303 g/mol. The smallest absolute Gasteiger partial charge is 0.131 e. The molecule has 0 spiro atoms. The minimum absolute atomic E-state index is 0.162. The lowest BCUT2D eigenvalue weighted by Gasteiger charge is -2.32. The van der Waals surface area contributed by atoms with Crippen LogP contribution < -0.4 is 0 Å². The molecule has 1 atom stereocenters. The van der Waals surface area contributed by atoms with E-state index >= 15 is 0 Å². The Morgan fingerprint density at radius 1 is 1.35 bits per heavy atom. The summed E-state index contributed by atoms with van der Waals surface area (Å²) in [4.78, 5) is 1.90. The number of nitrogens with zero attached hydrogens (tertiary/aromatic N) is 1. The van der Waals surface area contributed by atoms with Crippen LogP contribution in [0.3, 0.4) is 0 Å². The van der Waals surface area contributed by atoms with Gasteiger partial charge >= 0.3 is 0 Å². The van der Waals surface area contributed by atoms with Crippen molar-refractivity contribution in [3.63, 3.8) is 0 Å². The van der Waals surface area contributed by atoms with Crippen LogP contribution in [0.1, 0.15) is 24.5 Å². The fourth-order valence-corrected chi connectivity index (χ4v) is 3.84. The number of halogens is 2. The van der Waals surface area contributed by atoms with E-state index in [9.17, 15) is 18.1 Å². The maximum atomic E-state index is 13.6. The molecule has 0 radical (unpaired) electrons. The molecule has 6 heteroatoms. The van der Waals surface area contributed by atoms with Crippen LogP contribution in [-0.4, -0.2) is 45.4 Å². The summed E-state index contributed by atoms with van der Waals surface area (Å²) < 4.78 is 38.5. The Balaban J connectivity index is 2.00. The van der Waals surface area contributed by atoms with Crippen LogP contribution in [0.4, 0.5) is 8.78 Å². The molecular weight excluding hydrogens is 284 g/mol. The van der Waals surface area contributed by atoms with E-state index in [0.717, 1.165) is 25.0 Å². The molecule has 1 aromatic carbocycles. The third-order valence-electron chi connectivity index (χ3n) is 3.77. The van der Waals surface area contributed by atoms with Crippen LogP contribution in [0.5, 0.6) is 0 Å². The number of aliphatic hydroxyl groups is 1. The van der Waals surface area contributed by atoms with Gasteiger partial charge in [0.2, 0.25) is 0 Å². The first kappa shape index (κ1) is 15.5. The van der Waals surface area contributed by atoms with Crippen molar-refractivity contribution < 1.29 is 18.1 Å². The lowest BCUT2D eigenvalue weighted by atomic mass is 10.1. The summed E-state index contributed by atoms with van der Waals surface area (Å²) in [5, 5.41) is 10.1. The summed E-state index contributed by atoms with van der Waals surface area (Å²) in [5.74, 6) is -0.149. The molecule has 1 aliphatic rings. The molecule has 112 valence electrons. The Labute approximate surface area is 120 Å². The van der Waals surface area contributed by atoms with Crippen molar-refractivity contribution in [1.82, 2.24) is 4.90 Å². The maximum Gasteiger partial charge on any atom is 0.131 e. The summed E-state index contributed by atoms with van der Waals surface area (Å²) >= 11 is 0. The number of benzene rings is 1. The summed E-state index contributed by atoms with van der Waals surface area (Å²) in [6.07, 6.45) is 0.374. The highest BCUT2D eigenvalue weighted by Gasteiger charge is 2.25. The largest absolute Gasteiger partial charge is 0.387 e. The monoisotopic (exact) mass is 303 g/mol. The maximum absolute atomic E-state index is 13.6. The minimum Gasteiger partial charge on any atom is -0.387 e. The second-order valence-corrected chi connectivity index (χ2v) is 6.87. The van der Waals surface area contributed by atoms with Crippen molar-refractivity contribution in [2.45, 2.75) is 25.0 Å². The molecular formula is C14H19F2NO2S. The minimum atomic E-state index is -1.20. The SMILES string of the molecule is CN(CC(O)c1c(F)cccc1F)C1CCS(=O)CC1. The quantitative estimate of drug-likeness (QED) is 0.923. The van der Waals surface area contributed by atoms with Crippen molar-refractivity contribution in [3.05, 3.63) is 35.4 Å². The lowest BCUT2D eigenvalue weighted by Crippen LogP contribution is -2.39. The molecule has 1 fully saturated rings. The zero-order valence-electron chi connectivity index (χ0n) is 11.4. The van der Waals surface area contributed by atoms with Gasteiger partial charge in [-0.2, -0.15) is 0 Å². The highest BCUT2D eigenvalue weighted by Crippen LogP contribution is 2.23. The Kier molecular flexibility index (Phi) is 5.23. The van der Waals surface area contributed by atoms with Crippen LogP contribution in [0, 0.1) is 11.6 Å². The Morgan fingerprint density at radius 2 is 1.90 bits per heavy atom. The fourth-order valence-electron chi connectivity index (χ4n) is 2.56. The van der Waals surface area contributed by atoms with Crippen LogP contribution >= 0.6 is 0 Å². The topological polar surface area (TPSA) is 40.5 Å². The van der Waals surface area contributed by atoms with Gasteiger partial charge in [-0.3, -0.25) is 4.21 Å². The van der Waals surface area contributed by atoms with Gasteiger partial charge in [-0.1, -0.05) is 6.07 Å². The van der Waals surface area contributed by atoms with E-state index in [4.69, 9.17) is 0 Å². The van der Waals surface area contributed by atoms with E-state index in [0.29, 0.717) is 11.5 Å². The van der Waals surface area contributed by atoms with Gasteiger partial charge in [0.05, 0.1) is 11.7 Å². The van der Waals surface area contributed by atoms with Crippen LogP contribution in [0.25, 0.3) is 0 Å². The van der Waals surface area contributed by atoms with Crippen LogP contribution in [0.15, 0.2) is 18.2 Å². The highest BCUT2D eigenvalue weighted by atomic mass is 32.2. The van der Waals surface area contributed by atoms with Crippen LogP contribution in [0.2, 0.25) is 0 Å². The first-order valence-corrected chi connectivity index (χ1v) is 8.15. The molecule has 1 heterocycles. The predicted octanol–water partition coefficient (Wildman–Crippen LogP) is 1.84. The number of likely N-dealkylation sites (N-methyl/N-ethyl adjacent to an activating group) is 1. The van der Waals surface area contributed by atoms with Gasteiger partial charge in [0.25, 0.3) is 0 Å². The lowest BCUT2D eigenvalue weighted by molar-refractivity contribution is 0.0954. The molecule has 1 aromatic rings. The van der Waals surface area contributed by atoms with Gasteiger partial charge < -0.3 is 10.0 Å². The number of rotatable bonds is 4. The molecule has 3 nitrogen and oxygen atoms in total. The molecule has 0 saturated carbocycles. The van der Waals surface area contributed by atoms with Crippen molar-refractivity contribution in [2.75, 3.05) is 25.1 Å². The van der Waals surface area contributed by atoms with Gasteiger partial charge in [0.1, 0.15) is 11.6 Å².